The molecule has 0 aliphatic heterocycles. The lowest BCUT2D eigenvalue weighted by atomic mass is 10.2. The Hall–Kier alpha value is -2.45. The normalized spacial score (nSPS) is 11.9. The van der Waals surface area contributed by atoms with Crippen molar-refractivity contribution in [3.63, 3.8) is 0 Å². The van der Waals surface area contributed by atoms with E-state index in [1.54, 1.807) is 35.7 Å². The Kier molecular flexibility index (Phi) is 5.30. The first kappa shape index (κ1) is 17.4. The van der Waals surface area contributed by atoms with E-state index in [9.17, 15) is 9.59 Å². The molecule has 25 heavy (non-hydrogen) atoms. The van der Waals surface area contributed by atoms with Crippen molar-refractivity contribution in [2.75, 3.05) is 12.4 Å². The average Bonchev–Trinajstić information content (AvgIpc) is 3.35. The van der Waals surface area contributed by atoms with Crippen LogP contribution >= 0.6 is 22.7 Å². The Morgan fingerprint density at radius 3 is 2.84 bits per heavy atom. The Morgan fingerprint density at radius 2 is 2.16 bits per heavy atom. The van der Waals surface area contributed by atoms with Gasteiger partial charge in [-0.25, -0.2) is 4.98 Å². The number of thiophene rings is 1. The number of likely N-dealkylation sites (N-methyl/N-ethyl adjacent to an activating group) is 1. The van der Waals surface area contributed by atoms with Gasteiger partial charge in [0.2, 0.25) is 5.91 Å². The number of carbonyl (C=O) groups excluding carboxylic acids is 2. The zero-order chi connectivity index (χ0) is 17.8. The first-order valence-electron chi connectivity index (χ1n) is 7.63. The largest absolute Gasteiger partial charge is 0.467 e. The molecule has 0 saturated heterocycles. The number of hydrogen-bond donors (Lipinski definition) is 1. The molecular weight excluding hydrogens is 358 g/mol. The van der Waals surface area contributed by atoms with Crippen molar-refractivity contribution in [1.29, 1.82) is 0 Å². The number of carbonyl (C=O) groups is 2. The van der Waals surface area contributed by atoms with Gasteiger partial charge in [-0.05, 0) is 30.5 Å². The second-order valence-electron chi connectivity index (χ2n) is 5.45. The number of aromatic nitrogens is 1. The molecule has 0 radical (unpaired) electrons. The number of amides is 2. The van der Waals surface area contributed by atoms with Crippen LogP contribution in [-0.2, 0) is 11.2 Å². The van der Waals surface area contributed by atoms with Gasteiger partial charge in [0.05, 0.1) is 29.3 Å². The molecule has 0 aromatic carbocycles. The second-order valence-corrected chi connectivity index (χ2v) is 7.25. The van der Waals surface area contributed by atoms with E-state index >= 15 is 0 Å². The Balaban J connectivity index is 1.59. The molecule has 1 N–H and O–H groups in total. The van der Waals surface area contributed by atoms with Crippen molar-refractivity contribution >= 4 is 39.6 Å². The van der Waals surface area contributed by atoms with Crippen LogP contribution in [0.5, 0.6) is 0 Å². The first-order valence-corrected chi connectivity index (χ1v) is 9.39. The van der Waals surface area contributed by atoms with Crippen LogP contribution in [0, 0.1) is 0 Å². The van der Waals surface area contributed by atoms with E-state index in [1.807, 2.05) is 24.4 Å². The third-order valence-corrected chi connectivity index (χ3v) is 5.45. The number of thiazole rings is 1. The summed E-state index contributed by atoms with van der Waals surface area (Å²) in [6, 6.07) is 7.06. The highest BCUT2D eigenvalue weighted by atomic mass is 32.1. The fraction of sp³-hybridized carbons (Fsp3) is 0.235. The minimum atomic E-state index is -0.189. The van der Waals surface area contributed by atoms with E-state index in [-0.39, 0.29) is 24.3 Å². The molecular formula is C17H17N3O3S2. The van der Waals surface area contributed by atoms with Crippen LogP contribution in [0.15, 0.2) is 45.7 Å². The molecule has 2 amide bonds. The van der Waals surface area contributed by atoms with Gasteiger partial charge in [0.1, 0.15) is 5.76 Å². The summed E-state index contributed by atoms with van der Waals surface area (Å²) >= 11 is 2.68. The summed E-state index contributed by atoms with van der Waals surface area (Å²) in [5, 5.41) is 6.87. The molecule has 3 aromatic rings. The molecule has 0 fully saturated rings. The van der Waals surface area contributed by atoms with E-state index in [0.29, 0.717) is 15.7 Å². The second kappa shape index (κ2) is 7.62. The van der Waals surface area contributed by atoms with Gasteiger partial charge in [-0.3, -0.25) is 14.9 Å². The topological polar surface area (TPSA) is 75.4 Å². The van der Waals surface area contributed by atoms with Crippen molar-refractivity contribution in [2.24, 2.45) is 0 Å². The number of furan rings is 1. The highest BCUT2D eigenvalue weighted by molar-refractivity contribution is 7.14. The summed E-state index contributed by atoms with van der Waals surface area (Å²) in [5.74, 6) is 0.481. The number of nitrogens with zero attached hydrogens (tertiary/aromatic N) is 2. The first-order chi connectivity index (χ1) is 12.0. The molecule has 3 heterocycles. The van der Waals surface area contributed by atoms with Gasteiger partial charge in [0.15, 0.2) is 5.13 Å². The van der Waals surface area contributed by atoms with Gasteiger partial charge in [-0.1, -0.05) is 6.07 Å². The maximum absolute atomic E-state index is 12.4. The monoisotopic (exact) mass is 375 g/mol. The molecule has 1 atom stereocenters. The minimum absolute atomic E-state index is 0.0645. The van der Waals surface area contributed by atoms with Gasteiger partial charge >= 0.3 is 0 Å². The van der Waals surface area contributed by atoms with E-state index in [4.69, 9.17) is 4.42 Å². The zero-order valence-electron chi connectivity index (χ0n) is 13.8. The van der Waals surface area contributed by atoms with Crippen LogP contribution in [0.2, 0.25) is 0 Å². The molecule has 3 rings (SSSR count). The van der Waals surface area contributed by atoms with Crippen molar-refractivity contribution in [2.45, 2.75) is 19.4 Å². The van der Waals surface area contributed by atoms with E-state index in [0.717, 1.165) is 5.76 Å². The highest BCUT2D eigenvalue weighted by Gasteiger charge is 2.20. The molecule has 0 saturated carbocycles. The van der Waals surface area contributed by atoms with E-state index in [2.05, 4.69) is 10.3 Å². The fourth-order valence-electron chi connectivity index (χ4n) is 2.23. The number of hydrogen-bond acceptors (Lipinski definition) is 6. The van der Waals surface area contributed by atoms with Crippen LogP contribution < -0.4 is 5.32 Å². The van der Waals surface area contributed by atoms with Crippen LogP contribution in [0.3, 0.4) is 0 Å². The smallest absolute Gasteiger partial charge is 0.267 e. The van der Waals surface area contributed by atoms with Crippen LogP contribution in [-0.4, -0.2) is 28.7 Å². The Bertz CT molecular complexity index is 841. The molecule has 130 valence electrons. The summed E-state index contributed by atoms with van der Waals surface area (Å²) in [6.07, 6.45) is 1.76. The molecule has 1 unspecified atom stereocenters. The summed E-state index contributed by atoms with van der Waals surface area (Å²) in [4.78, 5) is 31.0. The maximum atomic E-state index is 12.4. The number of nitrogens with one attached hydrogen (secondary N) is 1. The minimum Gasteiger partial charge on any atom is -0.467 e. The molecule has 0 bridgehead atoms. The summed E-state index contributed by atoms with van der Waals surface area (Å²) in [6.45, 7) is 1.91. The highest BCUT2D eigenvalue weighted by Crippen LogP contribution is 2.22. The quantitative estimate of drug-likeness (QED) is 0.711. The van der Waals surface area contributed by atoms with E-state index < -0.39 is 0 Å². The van der Waals surface area contributed by atoms with Crippen molar-refractivity contribution in [3.05, 3.63) is 57.6 Å². The van der Waals surface area contributed by atoms with Gasteiger partial charge in [0.25, 0.3) is 5.91 Å². The lowest BCUT2D eigenvalue weighted by Gasteiger charge is -2.22. The standard InChI is InChI=1S/C17H17N3O3S2/c1-11(13-5-3-7-23-13)20(2)15(21)9-12-10-25-17(18-12)19-16(22)14-6-4-8-24-14/h3-8,10-11H,9H2,1-2H3,(H,18,19,22). The molecule has 0 spiro atoms. The van der Waals surface area contributed by atoms with Crippen molar-refractivity contribution < 1.29 is 14.0 Å². The predicted octanol–water partition coefficient (Wildman–Crippen LogP) is 3.81. The number of anilines is 1. The molecule has 0 aliphatic carbocycles. The van der Waals surface area contributed by atoms with Gasteiger partial charge < -0.3 is 9.32 Å². The van der Waals surface area contributed by atoms with E-state index in [1.165, 1.54) is 22.7 Å². The predicted molar refractivity (Wildman–Crippen MR) is 98.0 cm³/mol. The van der Waals surface area contributed by atoms with Crippen LogP contribution in [0.1, 0.15) is 34.1 Å². The molecule has 3 aromatic heterocycles. The zero-order valence-corrected chi connectivity index (χ0v) is 15.4. The lowest BCUT2D eigenvalue weighted by molar-refractivity contribution is -0.131. The molecule has 6 nitrogen and oxygen atoms in total. The summed E-state index contributed by atoms with van der Waals surface area (Å²) in [5.41, 5.74) is 0.634. The summed E-state index contributed by atoms with van der Waals surface area (Å²) in [7, 11) is 1.74. The lowest BCUT2D eigenvalue weighted by Crippen LogP contribution is -2.30. The van der Waals surface area contributed by atoms with Crippen molar-refractivity contribution in [1.82, 2.24) is 9.88 Å². The molecule has 0 aliphatic rings. The third kappa shape index (κ3) is 4.15. The van der Waals surface area contributed by atoms with Gasteiger partial charge in [0, 0.05) is 12.4 Å². The third-order valence-electron chi connectivity index (χ3n) is 3.78. The Labute approximate surface area is 153 Å². The summed E-state index contributed by atoms with van der Waals surface area (Å²) < 4.78 is 5.35. The SMILES string of the molecule is CC(c1ccco1)N(C)C(=O)Cc1csc(NC(=O)c2cccs2)n1. The van der Waals surface area contributed by atoms with Crippen molar-refractivity contribution in [3.8, 4) is 0 Å². The van der Waals surface area contributed by atoms with Crippen LogP contribution in [0.4, 0.5) is 5.13 Å². The maximum Gasteiger partial charge on any atom is 0.267 e. The number of rotatable bonds is 6. The average molecular weight is 375 g/mol. The fourth-order valence-corrected chi connectivity index (χ4v) is 3.55. The van der Waals surface area contributed by atoms with Gasteiger partial charge in [-0.15, -0.1) is 22.7 Å². The molecule has 8 heteroatoms. The Morgan fingerprint density at radius 1 is 1.32 bits per heavy atom. The van der Waals surface area contributed by atoms with Gasteiger partial charge in [-0.2, -0.15) is 0 Å². The van der Waals surface area contributed by atoms with Crippen LogP contribution in [0.25, 0.3) is 0 Å².